The molecule has 0 bridgehead atoms. The van der Waals surface area contributed by atoms with Gasteiger partial charge in [-0.15, -0.1) is 0 Å². The number of carbonyl (C=O) groups is 2. The summed E-state index contributed by atoms with van der Waals surface area (Å²) >= 11 is 0. The lowest BCUT2D eigenvalue weighted by molar-refractivity contribution is -0.138. The van der Waals surface area contributed by atoms with E-state index in [1.54, 1.807) is 24.3 Å². The molecule has 33 heavy (non-hydrogen) atoms. The Balaban J connectivity index is 1.17. The molecule has 3 saturated heterocycles. The predicted molar refractivity (Wildman–Crippen MR) is 118 cm³/mol. The van der Waals surface area contributed by atoms with E-state index in [0.29, 0.717) is 11.7 Å². The zero-order valence-electron chi connectivity index (χ0n) is 18.8. The highest BCUT2D eigenvalue weighted by atomic mass is 19.3. The number of anilines is 1. The van der Waals surface area contributed by atoms with Gasteiger partial charge in [0.05, 0.1) is 0 Å². The molecule has 1 saturated carbocycles. The molecular weight excluding hydrogens is 432 g/mol. The number of hydrogen-bond acceptors (Lipinski definition) is 5. The van der Waals surface area contributed by atoms with Crippen LogP contribution in [0.2, 0.25) is 0 Å². The van der Waals surface area contributed by atoms with E-state index in [-0.39, 0.29) is 44.5 Å². The van der Waals surface area contributed by atoms with Gasteiger partial charge in [0.25, 0.3) is 5.92 Å². The number of carbonyl (C=O) groups excluding carboxylic acids is 2. The van der Waals surface area contributed by atoms with E-state index in [4.69, 9.17) is 9.47 Å². The molecule has 3 aliphatic heterocycles. The van der Waals surface area contributed by atoms with Crippen LogP contribution in [-0.4, -0.2) is 78.7 Å². The lowest BCUT2D eigenvalue weighted by Gasteiger charge is -2.44. The van der Waals surface area contributed by atoms with E-state index in [9.17, 15) is 18.4 Å². The minimum Gasteiger partial charge on any atom is -0.490 e. The Hall–Kier alpha value is -2.42. The third kappa shape index (κ3) is 4.78. The van der Waals surface area contributed by atoms with Gasteiger partial charge in [-0.1, -0.05) is 6.42 Å². The third-order valence-electron chi connectivity index (χ3n) is 7.36. The number of likely N-dealkylation sites (tertiary alicyclic amines) is 2. The van der Waals surface area contributed by atoms with Gasteiger partial charge in [-0.2, -0.15) is 0 Å². The van der Waals surface area contributed by atoms with E-state index in [1.165, 1.54) is 42.2 Å². The van der Waals surface area contributed by atoms with Crippen molar-refractivity contribution in [2.24, 2.45) is 0 Å². The standard InChI is InChI=1S/C24H31F2N3O4/c25-24(26)8-12-28(13-9-24)22(30)21-16-32-23(31)29(21)17-4-6-19(7-5-17)33-20-14-18(15-20)27-10-2-1-3-11-27/h4-7,18,20-21H,1-3,8-16H2/t18-,20-,21-/m0/s1. The maximum Gasteiger partial charge on any atom is 0.415 e. The molecule has 1 aromatic carbocycles. The lowest BCUT2D eigenvalue weighted by atomic mass is 9.86. The molecule has 0 unspecified atom stereocenters. The van der Waals surface area contributed by atoms with Crippen LogP contribution in [0.1, 0.15) is 44.9 Å². The van der Waals surface area contributed by atoms with Crippen LogP contribution in [0.4, 0.5) is 19.3 Å². The summed E-state index contributed by atoms with van der Waals surface area (Å²) in [6.07, 6.45) is 4.86. The van der Waals surface area contributed by atoms with Gasteiger partial charge < -0.3 is 19.3 Å². The maximum absolute atomic E-state index is 13.5. The zero-order chi connectivity index (χ0) is 23.0. The van der Waals surface area contributed by atoms with Crippen molar-refractivity contribution in [1.82, 2.24) is 9.80 Å². The number of hydrogen-bond donors (Lipinski definition) is 0. The molecule has 0 spiro atoms. The average molecular weight is 464 g/mol. The molecule has 7 nitrogen and oxygen atoms in total. The molecule has 4 fully saturated rings. The molecule has 180 valence electrons. The Morgan fingerprint density at radius 2 is 1.67 bits per heavy atom. The molecule has 2 amide bonds. The molecule has 3 heterocycles. The molecule has 1 atom stereocenters. The van der Waals surface area contributed by atoms with Gasteiger partial charge in [0, 0.05) is 50.5 Å². The second kappa shape index (κ2) is 9.08. The van der Waals surface area contributed by atoms with Gasteiger partial charge in [-0.3, -0.25) is 9.69 Å². The summed E-state index contributed by atoms with van der Waals surface area (Å²) in [4.78, 5) is 30.6. The van der Waals surface area contributed by atoms with Gasteiger partial charge in [-0.25, -0.2) is 13.6 Å². The Morgan fingerprint density at radius 3 is 2.33 bits per heavy atom. The number of ether oxygens (including phenoxy) is 2. The van der Waals surface area contributed by atoms with Crippen LogP contribution in [0, 0.1) is 0 Å². The van der Waals surface area contributed by atoms with Gasteiger partial charge in [-0.05, 0) is 50.2 Å². The fourth-order valence-electron chi connectivity index (χ4n) is 5.25. The van der Waals surface area contributed by atoms with Gasteiger partial charge in [0.15, 0.2) is 6.04 Å². The second-order valence-corrected chi connectivity index (χ2v) is 9.60. The van der Waals surface area contributed by atoms with Crippen molar-refractivity contribution in [3.05, 3.63) is 24.3 Å². The smallest absolute Gasteiger partial charge is 0.415 e. The molecular formula is C24H31F2N3O4. The largest absolute Gasteiger partial charge is 0.490 e. The van der Waals surface area contributed by atoms with E-state index in [0.717, 1.165) is 18.6 Å². The maximum atomic E-state index is 13.5. The van der Waals surface area contributed by atoms with Crippen molar-refractivity contribution in [1.29, 1.82) is 0 Å². The number of alkyl halides is 2. The van der Waals surface area contributed by atoms with Crippen molar-refractivity contribution in [3.8, 4) is 5.75 Å². The molecule has 9 heteroatoms. The van der Waals surface area contributed by atoms with Crippen LogP contribution in [0.5, 0.6) is 5.75 Å². The summed E-state index contributed by atoms with van der Waals surface area (Å²) in [5.41, 5.74) is 0.533. The highest BCUT2D eigenvalue weighted by molar-refractivity contribution is 6.00. The van der Waals surface area contributed by atoms with Crippen LogP contribution in [-0.2, 0) is 9.53 Å². The Bertz CT molecular complexity index is 859. The van der Waals surface area contributed by atoms with E-state index in [1.807, 2.05) is 0 Å². The minimum atomic E-state index is -2.73. The predicted octanol–water partition coefficient (Wildman–Crippen LogP) is 3.67. The van der Waals surface area contributed by atoms with Crippen molar-refractivity contribution in [2.75, 3.05) is 37.7 Å². The summed E-state index contributed by atoms with van der Waals surface area (Å²) in [6, 6.07) is 6.88. The monoisotopic (exact) mass is 463 g/mol. The van der Waals surface area contributed by atoms with E-state index >= 15 is 0 Å². The summed E-state index contributed by atoms with van der Waals surface area (Å²) in [6.45, 7) is 2.27. The van der Waals surface area contributed by atoms with Gasteiger partial charge in [0.1, 0.15) is 18.5 Å². The number of rotatable bonds is 5. The van der Waals surface area contributed by atoms with Crippen LogP contribution in [0.3, 0.4) is 0 Å². The highest BCUT2D eigenvalue weighted by Crippen LogP contribution is 2.34. The zero-order valence-corrected chi connectivity index (χ0v) is 18.8. The van der Waals surface area contributed by atoms with Crippen molar-refractivity contribution < 1.29 is 27.8 Å². The van der Waals surface area contributed by atoms with Crippen LogP contribution >= 0.6 is 0 Å². The van der Waals surface area contributed by atoms with Crippen molar-refractivity contribution in [2.45, 2.75) is 69.1 Å². The Kier molecular flexibility index (Phi) is 6.16. The first-order chi connectivity index (χ1) is 15.9. The SMILES string of the molecule is O=C([C@@H]1COC(=O)N1c1ccc(O[C@H]2C[C@H](N3CCCCC3)C2)cc1)N1CCC(F)(F)CC1. The minimum absolute atomic E-state index is 0.0169. The van der Waals surface area contributed by atoms with Crippen LogP contribution < -0.4 is 9.64 Å². The molecule has 4 aliphatic rings. The molecule has 5 rings (SSSR count). The second-order valence-electron chi connectivity index (χ2n) is 9.60. The average Bonchev–Trinajstić information content (AvgIpc) is 3.18. The number of benzene rings is 1. The number of amides is 2. The fraction of sp³-hybridized carbons (Fsp3) is 0.667. The quantitative estimate of drug-likeness (QED) is 0.667. The molecule has 0 radical (unpaired) electrons. The van der Waals surface area contributed by atoms with Gasteiger partial charge in [0.2, 0.25) is 5.91 Å². The summed E-state index contributed by atoms with van der Waals surface area (Å²) in [5, 5.41) is 0. The normalized spacial score (nSPS) is 30.0. The molecule has 1 aromatic rings. The highest BCUT2D eigenvalue weighted by Gasteiger charge is 2.44. The first kappa shape index (κ1) is 22.4. The summed E-state index contributed by atoms with van der Waals surface area (Å²) in [7, 11) is 0. The molecule has 0 aromatic heterocycles. The number of nitrogens with zero attached hydrogens (tertiary/aromatic N) is 3. The molecule has 1 aliphatic carbocycles. The third-order valence-corrected chi connectivity index (χ3v) is 7.36. The summed E-state index contributed by atoms with van der Waals surface area (Å²) in [5.74, 6) is -2.35. The van der Waals surface area contributed by atoms with Crippen molar-refractivity contribution in [3.63, 3.8) is 0 Å². The Labute approximate surface area is 192 Å². The first-order valence-corrected chi connectivity index (χ1v) is 12.0. The first-order valence-electron chi connectivity index (χ1n) is 12.0. The number of halogens is 2. The number of piperidine rings is 2. The van der Waals surface area contributed by atoms with Gasteiger partial charge >= 0.3 is 6.09 Å². The van der Waals surface area contributed by atoms with Crippen LogP contribution in [0.15, 0.2) is 24.3 Å². The van der Waals surface area contributed by atoms with Crippen LogP contribution in [0.25, 0.3) is 0 Å². The van der Waals surface area contributed by atoms with E-state index in [2.05, 4.69) is 4.90 Å². The topological polar surface area (TPSA) is 62.3 Å². The molecule has 0 N–H and O–H groups in total. The Morgan fingerprint density at radius 1 is 1.00 bits per heavy atom. The van der Waals surface area contributed by atoms with E-state index < -0.39 is 18.1 Å². The summed E-state index contributed by atoms with van der Waals surface area (Å²) < 4.78 is 38.1. The lowest BCUT2D eigenvalue weighted by Crippen LogP contribution is -2.51. The number of cyclic esters (lactones) is 1. The fourth-order valence-corrected chi connectivity index (χ4v) is 5.25. The van der Waals surface area contributed by atoms with Crippen molar-refractivity contribution >= 4 is 17.7 Å².